The van der Waals surface area contributed by atoms with Gasteiger partial charge in [-0.1, -0.05) is 73.1 Å². The number of carbonyl (C=O) groups is 1. The first-order valence-electron chi connectivity index (χ1n) is 11.8. The van der Waals surface area contributed by atoms with E-state index in [4.69, 9.17) is 19.0 Å². The topological polar surface area (TPSA) is 66.4 Å². The number of ether oxygens (including phenoxy) is 3. The summed E-state index contributed by atoms with van der Waals surface area (Å²) in [4.78, 5) is 16.7. The van der Waals surface area contributed by atoms with E-state index in [1.807, 2.05) is 78.9 Å². The minimum absolute atomic E-state index is 0.158. The Balaban J connectivity index is 1.52. The van der Waals surface area contributed by atoms with Crippen LogP contribution in [-0.4, -0.2) is 32.5 Å². The van der Waals surface area contributed by atoms with Crippen LogP contribution in [0.15, 0.2) is 84.0 Å². The molecule has 3 aromatic carbocycles. The fourth-order valence-corrected chi connectivity index (χ4v) is 3.76. The van der Waals surface area contributed by atoms with Gasteiger partial charge in [0.2, 0.25) is 0 Å². The third kappa shape index (κ3) is 8.18. The molecule has 6 nitrogen and oxygen atoms in total. The van der Waals surface area contributed by atoms with Gasteiger partial charge in [-0.25, -0.2) is 0 Å². The maximum absolute atomic E-state index is 11.7. The molecule has 0 spiro atoms. The summed E-state index contributed by atoms with van der Waals surface area (Å²) >= 11 is 0. The number of hydrogen-bond donors (Lipinski definition) is 0. The van der Waals surface area contributed by atoms with Crippen molar-refractivity contribution in [3.63, 3.8) is 0 Å². The molecule has 0 N–H and O–H groups in total. The zero-order valence-corrected chi connectivity index (χ0v) is 20.6. The summed E-state index contributed by atoms with van der Waals surface area (Å²) in [6.45, 7) is 2.86. The van der Waals surface area contributed by atoms with Crippen LogP contribution in [0.2, 0.25) is 0 Å². The molecule has 0 aliphatic carbocycles. The highest BCUT2D eigenvalue weighted by atomic mass is 16.6. The number of hydrogen-bond acceptors (Lipinski definition) is 6. The first kappa shape index (κ1) is 25.8. The Labute approximate surface area is 207 Å². The molecule has 0 saturated carbocycles. The highest BCUT2D eigenvalue weighted by molar-refractivity contribution is 6.01. The van der Waals surface area contributed by atoms with Gasteiger partial charge in [-0.05, 0) is 47.7 Å². The van der Waals surface area contributed by atoms with Gasteiger partial charge >= 0.3 is 5.97 Å². The summed E-state index contributed by atoms with van der Waals surface area (Å²) < 4.78 is 16.7. The van der Waals surface area contributed by atoms with Crippen molar-refractivity contribution < 1.29 is 23.8 Å². The van der Waals surface area contributed by atoms with Crippen LogP contribution < -0.4 is 9.47 Å². The van der Waals surface area contributed by atoms with E-state index >= 15 is 0 Å². The molecule has 0 amide bonds. The van der Waals surface area contributed by atoms with Gasteiger partial charge in [0.25, 0.3) is 0 Å². The predicted molar refractivity (Wildman–Crippen MR) is 137 cm³/mol. The molecule has 0 saturated heterocycles. The first-order chi connectivity index (χ1) is 17.1. The third-order valence-corrected chi connectivity index (χ3v) is 5.64. The lowest BCUT2D eigenvalue weighted by Crippen LogP contribution is -2.13. The number of benzene rings is 3. The number of rotatable bonds is 13. The summed E-state index contributed by atoms with van der Waals surface area (Å²) in [5.41, 5.74) is 3.83. The number of esters is 1. The lowest BCUT2D eigenvalue weighted by Gasteiger charge is -2.16. The van der Waals surface area contributed by atoms with Crippen molar-refractivity contribution in [3.8, 4) is 11.5 Å². The Morgan fingerprint density at radius 2 is 1.51 bits per heavy atom. The highest BCUT2D eigenvalue weighted by Crippen LogP contribution is 2.27. The minimum Gasteiger partial charge on any atom is -0.489 e. The Morgan fingerprint density at radius 3 is 2.14 bits per heavy atom. The van der Waals surface area contributed by atoms with Crippen LogP contribution >= 0.6 is 0 Å². The van der Waals surface area contributed by atoms with Crippen molar-refractivity contribution in [1.29, 1.82) is 0 Å². The van der Waals surface area contributed by atoms with E-state index in [2.05, 4.69) is 12.1 Å². The summed E-state index contributed by atoms with van der Waals surface area (Å²) in [5.74, 6) is 1.50. The zero-order chi connectivity index (χ0) is 24.9. The van der Waals surface area contributed by atoms with Crippen molar-refractivity contribution in [3.05, 3.63) is 95.6 Å². The first-order valence-corrected chi connectivity index (χ1v) is 11.8. The molecule has 1 unspecified atom stereocenters. The molecule has 0 aliphatic heterocycles. The fraction of sp³-hybridized carbons (Fsp3) is 0.310. The Morgan fingerprint density at radius 1 is 0.857 bits per heavy atom. The van der Waals surface area contributed by atoms with E-state index in [1.165, 1.54) is 14.2 Å². The lowest BCUT2D eigenvalue weighted by atomic mass is 9.91. The second-order valence-corrected chi connectivity index (χ2v) is 8.14. The van der Waals surface area contributed by atoms with Crippen LogP contribution in [0.3, 0.4) is 0 Å². The van der Waals surface area contributed by atoms with Crippen LogP contribution in [0.25, 0.3) is 0 Å². The summed E-state index contributed by atoms with van der Waals surface area (Å²) in [6, 6.07) is 25.6. The summed E-state index contributed by atoms with van der Waals surface area (Å²) in [5, 5.41) is 4.08. The highest BCUT2D eigenvalue weighted by Gasteiger charge is 2.16. The van der Waals surface area contributed by atoms with E-state index in [9.17, 15) is 4.79 Å². The fourth-order valence-electron chi connectivity index (χ4n) is 3.76. The standard InChI is InChI=1S/C29H33NO5/c1-4-8-25(19-29(31)32-2)23-13-17-27(18-14-23)34-20-22-11-15-26(16-12-22)35-21-28(30-33-3)24-9-6-5-7-10-24/h5-7,9-18,25H,4,8,19-21H2,1-3H3/b30-28-. The van der Waals surface area contributed by atoms with Gasteiger partial charge in [-0.3, -0.25) is 4.79 Å². The minimum atomic E-state index is -0.182. The third-order valence-electron chi connectivity index (χ3n) is 5.64. The van der Waals surface area contributed by atoms with Crippen molar-refractivity contribution >= 4 is 11.7 Å². The van der Waals surface area contributed by atoms with Gasteiger partial charge in [-0.2, -0.15) is 0 Å². The maximum Gasteiger partial charge on any atom is 0.306 e. The van der Waals surface area contributed by atoms with E-state index in [-0.39, 0.29) is 11.9 Å². The molecule has 0 radical (unpaired) electrons. The molecule has 0 bridgehead atoms. The molecule has 0 aromatic heterocycles. The molecule has 35 heavy (non-hydrogen) atoms. The van der Waals surface area contributed by atoms with Gasteiger partial charge < -0.3 is 19.0 Å². The molecule has 0 fully saturated rings. The Bertz CT molecular complexity index is 1060. The van der Waals surface area contributed by atoms with Crippen LogP contribution in [0.1, 0.15) is 48.8 Å². The van der Waals surface area contributed by atoms with E-state index in [0.29, 0.717) is 19.6 Å². The number of carbonyl (C=O) groups excluding carboxylic acids is 1. The van der Waals surface area contributed by atoms with Gasteiger partial charge in [0.05, 0.1) is 13.5 Å². The van der Waals surface area contributed by atoms with Crippen LogP contribution in [0, 0.1) is 0 Å². The predicted octanol–water partition coefficient (Wildman–Crippen LogP) is 6.14. The largest absolute Gasteiger partial charge is 0.489 e. The van der Waals surface area contributed by atoms with Crippen molar-refractivity contribution in [2.75, 3.05) is 20.8 Å². The lowest BCUT2D eigenvalue weighted by molar-refractivity contribution is -0.141. The van der Waals surface area contributed by atoms with Crippen LogP contribution in [0.5, 0.6) is 11.5 Å². The Kier molecular flexibility index (Phi) is 10.2. The summed E-state index contributed by atoms with van der Waals surface area (Å²) in [7, 11) is 2.95. The molecule has 0 aliphatic rings. The maximum atomic E-state index is 11.7. The average molecular weight is 476 g/mol. The van der Waals surface area contributed by atoms with Gasteiger partial charge in [0.1, 0.15) is 37.5 Å². The second-order valence-electron chi connectivity index (χ2n) is 8.14. The van der Waals surface area contributed by atoms with Crippen LogP contribution in [-0.2, 0) is 21.0 Å². The number of methoxy groups -OCH3 is 1. The van der Waals surface area contributed by atoms with Gasteiger partial charge in [0, 0.05) is 5.56 Å². The van der Waals surface area contributed by atoms with Gasteiger partial charge in [-0.15, -0.1) is 0 Å². The normalized spacial score (nSPS) is 12.0. The van der Waals surface area contributed by atoms with Gasteiger partial charge in [0.15, 0.2) is 0 Å². The molecule has 3 aromatic rings. The van der Waals surface area contributed by atoms with E-state index in [0.717, 1.165) is 46.7 Å². The number of oxime groups is 1. The van der Waals surface area contributed by atoms with Crippen molar-refractivity contribution in [1.82, 2.24) is 0 Å². The molecule has 184 valence electrons. The molecular weight excluding hydrogens is 442 g/mol. The van der Waals surface area contributed by atoms with Crippen molar-refractivity contribution in [2.45, 2.75) is 38.7 Å². The van der Waals surface area contributed by atoms with Crippen molar-refractivity contribution in [2.24, 2.45) is 5.16 Å². The zero-order valence-electron chi connectivity index (χ0n) is 20.6. The SMILES string of the molecule is CCCC(CC(=O)OC)c1ccc(OCc2ccc(OC/C(=N/OC)c3ccccc3)cc2)cc1. The average Bonchev–Trinajstić information content (AvgIpc) is 2.91. The van der Waals surface area contributed by atoms with E-state index in [1.54, 1.807) is 0 Å². The monoisotopic (exact) mass is 475 g/mol. The molecule has 3 rings (SSSR count). The smallest absolute Gasteiger partial charge is 0.306 e. The molecule has 1 atom stereocenters. The molecule has 6 heteroatoms. The molecule has 0 heterocycles. The van der Waals surface area contributed by atoms with E-state index < -0.39 is 0 Å². The second kappa shape index (κ2) is 13.8. The quantitative estimate of drug-likeness (QED) is 0.169. The van der Waals surface area contributed by atoms with Crippen LogP contribution in [0.4, 0.5) is 0 Å². The number of nitrogens with zero attached hydrogens (tertiary/aromatic N) is 1. The summed E-state index contributed by atoms with van der Waals surface area (Å²) in [6.07, 6.45) is 2.34. The Hall–Kier alpha value is -3.80. The molecular formula is C29H33NO5.